The van der Waals surface area contributed by atoms with E-state index in [-0.39, 0.29) is 0 Å². The molecule has 0 saturated carbocycles. The van der Waals surface area contributed by atoms with E-state index in [1.807, 2.05) is 0 Å². The number of hydrogen-bond acceptors (Lipinski definition) is 4. The van der Waals surface area contributed by atoms with Crippen LogP contribution in [0.1, 0.15) is 27.7 Å². The summed E-state index contributed by atoms with van der Waals surface area (Å²) in [4.78, 5) is 22.1. The molecule has 0 fully saturated rings. The van der Waals surface area contributed by atoms with Crippen molar-refractivity contribution in [2.45, 2.75) is 45.4 Å². The van der Waals surface area contributed by atoms with E-state index < -0.39 is 29.8 Å². The lowest BCUT2D eigenvalue weighted by atomic mass is 10.2. The summed E-state index contributed by atoms with van der Waals surface area (Å²) < 4.78 is 9.72. The molecule has 2 unspecified atom stereocenters. The molecule has 2 N–H and O–H groups in total. The Morgan fingerprint density at radius 2 is 1.81 bits per heavy atom. The van der Waals surface area contributed by atoms with Crippen LogP contribution in [-0.4, -0.2) is 42.0 Å². The van der Waals surface area contributed by atoms with Crippen LogP contribution >= 0.6 is 0 Å². The molecule has 0 saturated heterocycles. The Balaban J connectivity index is 4.28. The number of nitrogens with one attached hydrogen (secondary N) is 1. The van der Waals surface area contributed by atoms with Gasteiger partial charge in [-0.05, 0) is 27.7 Å². The summed E-state index contributed by atoms with van der Waals surface area (Å²) in [5.41, 5.74) is -0.615. The van der Waals surface area contributed by atoms with E-state index in [0.717, 1.165) is 0 Å². The van der Waals surface area contributed by atoms with Gasteiger partial charge in [0, 0.05) is 7.11 Å². The summed E-state index contributed by atoms with van der Waals surface area (Å²) in [6, 6.07) is -0.669. The molecule has 6 heteroatoms. The first-order valence-electron chi connectivity index (χ1n) is 4.92. The lowest BCUT2D eigenvalue weighted by Crippen LogP contribution is -2.47. The number of carbonyl (C=O) groups is 2. The van der Waals surface area contributed by atoms with Crippen molar-refractivity contribution in [1.82, 2.24) is 5.32 Å². The van der Waals surface area contributed by atoms with Gasteiger partial charge < -0.3 is 19.9 Å². The molecule has 0 rings (SSSR count). The van der Waals surface area contributed by atoms with Gasteiger partial charge in [0.1, 0.15) is 5.60 Å². The average molecular weight is 233 g/mol. The molecule has 0 radical (unpaired) electrons. The molecule has 1 amide bonds. The number of amides is 1. The molecule has 0 heterocycles. The van der Waals surface area contributed by atoms with Crippen LogP contribution in [0.4, 0.5) is 4.79 Å². The van der Waals surface area contributed by atoms with Crippen molar-refractivity contribution < 1.29 is 24.2 Å². The van der Waals surface area contributed by atoms with Gasteiger partial charge in [-0.3, -0.25) is 0 Å². The Morgan fingerprint density at radius 3 is 2.12 bits per heavy atom. The van der Waals surface area contributed by atoms with Gasteiger partial charge in [0.05, 0.1) is 6.04 Å². The minimum Gasteiger partial charge on any atom is -0.479 e. The second-order valence-electron chi connectivity index (χ2n) is 4.43. The normalized spacial score (nSPS) is 15.1. The third-order valence-corrected chi connectivity index (χ3v) is 1.70. The smallest absolute Gasteiger partial charge is 0.407 e. The second kappa shape index (κ2) is 5.69. The van der Waals surface area contributed by atoms with Gasteiger partial charge in [-0.1, -0.05) is 0 Å². The fourth-order valence-corrected chi connectivity index (χ4v) is 1.09. The number of aliphatic carboxylic acids is 1. The molecule has 0 aliphatic carbocycles. The number of hydrogen-bond donors (Lipinski definition) is 2. The van der Waals surface area contributed by atoms with Crippen LogP contribution < -0.4 is 5.32 Å². The van der Waals surface area contributed by atoms with Crippen molar-refractivity contribution in [3.63, 3.8) is 0 Å². The second-order valence-corrected chi connectivity index (χ2v) is 4.43. The quantitative estimate of drug-likeness (QED) is 0.756. The number of ether oxygens (including phenoxy) is 2. The maximum Gasteiger partial charge on any atom is 0.407 e. The standard InChI is InChI=1S/C10H19NO5/c1-6(7(15-5)8(12)13)11-9(14)16-10(2,3)4/h6-7H,1-5H3,(H,11,14)(H,12,13). The highest BCUT2D eigenvalue weighted by atomic mass is 16.6. The third-order valence-electron chi connectivity index (χ3n) is 1.70. The molecule has 0 aromatic rings. The molecular weight excluding hydrogens is 214 g/mol. The van der Waals surface area contributed by atoms with Crippen molar-refractivity contribution >= 4 is 12.1 Å². The summed E-state index contributed by atoms with van der Waals surface area (Å²) in [7, 11) is 1.27. The summed E-state index contributed by atoms with van der Waals surface area (Å²) in [5, 5.41) is 11.2. The summed E-state index contributed by atoms with van der Waals surface area (Å²) in [6.45, 7) is 6.71. The first-order chi connectivity index (χ1) is 7.17. The number of carboxylic acids is 1. The van der Waals surface area contributed by atoms with Gasteiger partial charge in [0.15, 0.2) is 6.10 Å². The maximum atomic E-state index is 11.3. The first-order valence-corrected chi connectivity index (χ1v) is 4.92. The van der Waals surface area contributed by atoms with Crippen molar-refractivity contribution in [3.8, 4) is 0 Å². The van der Waals surface area contributed by atoms with Crippen molar-refractivity contribution in [2.24, 2.45) is 0 Å². The van der Waals surface area contributed by atoms with Crippen LogP contribution in [0, 0.1) is 0 Å². The number of carboxylic acid groups (broad SMARTS) is 1. The fraction of sp³-hybridized carbons (Fsp3) is 0.800. The lowest BCUT2D eigenvalue weighted by Gasteiger charge is -2.24. The molecule has 0 aliphatic rings. The van der Waals surface area contributed by atoms with Crippen LogP contribution in [0.3, 0.4) is 0 Å². The van der Waals surface area contributed by atoms with Gasteiger partial charge in [-0.15, -0.1) is 0 Å². The number of carbonyl (C=O) groups excluding carboxylic acids is 1. The molecule has 0 aliphatic heterocycles. The highest BCUT2D eigenvalue weighted by Gasteiger charge is 2.27. The molecule has 0 aromatic carbocycles. The van der Waals surface area contributed by atoms with Gasteiger partial charge in [0.25, 0.3) is 0 Å². The summed E-state index contributed by atoms with van der Waals surface area (Å²) in [6.07, 6.45) is -1.75. The Hall–Kier alpha value is -1.30. The Labute approximate surface area is 94.9 Å². The Bertz CT molecular complexity index is 258. The highest BCUT2D eigenvalue weighted by Crippen LogP contribution is 2.07. The zero-order valence-corrected chi connectivity index (χ0v) is 10.2. The molecule has 0 spiro atoms. The predicted octanol–water partition coefficient (Wildman–Crippen LogP) is 0.999. The van der Waals surface area contributed by atoms with Gasteiger partial charge >= 0.3 is 12.1 Å². The molecule has 16 heavy (non-hydrogen) atoms. The van der Waals surface area contributed by atoms with Crippen molar-refractivity contribution in [3.05, 3.63) is 0 Å². The van der Waals surface area contributed by atoms with E-state index in [4.69, 9.17) is 14.6 Å². The zero-order chi connectivity index (χ0) is 12.9. The van der Waals surface area contributed by atoms with Crippen LogP contribution in [0.2, 0.25) is 0 Å². The van der Waals surface area contributed by atoms with Gasteiger partial charge in [-0.2, -0.15) is 0 Å². The Kier molecular flexibility index (Phi) is 5.23. The SMILES string of the molecule is COC(C(=O)O)C(C)NC(=O)OC(C)(C)C. The van der Waals surface area contributed by atoms with Crippen LogP contribution in [-0.2, 0) is 14.3 Å². The van der Waals surface area contributed by atoms with Crippen LogP contribution in [0.5, 0.6) is 0 Å². The van der Waals surface area contributed by atoms with E-state index >= 15 is 0 Å². The van der Waals surface area contributed by atoms with E-state index in [2.05, 4.69) is 5.32 Å². The highest BCUT2D eigenvalue weighted by molar-refractivity contribution is 5.75. The zero-order valence-electron chi connectivity index (χ0n) is 10.2. The van der Waals surface area contributed by atoms with Gasteiger partial charge in [-0.25, -0.2) is 9.59 Å². The monoisotopic (exact) mass is 233 g/mol. The molecule has 0 aromatic heterocycles. The molecule has 2 atom stereocenters. The van der Waals surface area contributed by atoms with Crippen molar-refractivity contribution in [1.29, 1.82) is 0 Å². The largest absolute Gasteiger partial charge is 0.479 e. The van der Waals surface area contributed by atoms with E-state index in [1.165, 1.54) is 14.0 Å². The number of methoxy groups -OCH3 is 1. The average Bonchev–Trinajstić information content (AvgIpc) is 1.99. The van der Waals surface area contributed by atoms with E-state index in [9.17, 15) is 9.59 Å². The molecule has 94 valence electrons. The summed E-state index contributed by atoms with van der Waals surface area (Å²) >= 11 is 0. The molecule has 0 bridgehead atoms. The van der Waals surface area contributed by atoms with E-state index in [0.29, 0.717) is 0 Å². The minimum absolute atomic E-state index is 0.615. The van der Waals surface area contributed by atoms with E-state index in [1.54, 1.807) is 20.8 Å². The third kappa shape index (κ3) is 5.55. The predicted molar refractivity (Wildman–Crippen MR) is 57.3 cm³/mol. The topological polar surface area (TPSA) is 84.9 Å². The van der Waals surface area contributed by atoms with Crippen molar-refractivity contribution in [2.75, 3.05) is 7.11 Å². The van der Waals surface area contributed by atoms with Crippen LogP contribution in [0.15, 0.2) is 0 Å². The minimum atomic E-state index is -1.13. The molecular formula is C10H19NO5. The fourth-order valence-electron chi connectivity index (χ4n) is 1.09. The molecule has 6 nitrogen and oxygen atoms in total. The number of rotatable bonds is 4. The van der Waals surface area contributed by atoms with Crippen LogP contribution in [0.25, 0.3) is 0 Å². The number of alkyl carbamates (subject to hydrolysis) is 1. The van der Waals surface area contributed by atoms with Gasteiger partial charge in [0.2, 0.25) is 0 Å². The lowest BCUT2D eigenvalue weighted by molar-refractivity contribution is -0.149. The first kappa shape index (κ1) is 14.7. The maximum absolute atomic E-state index is 11.3. The summed E-state index contributed by atoms with van der Waals surface area (Å²) in [5.74, 6) is -1.13. The Morgan fingerprint density at radius 1 is 1.31 bits per heavy atom.